The molecule has 2 N–H and O–H groups in total. The second kappa shape index (κ2) is 5.67. The lowest BCUT2D eigenvalue weighted by atomic mass is 9.98. The molecular weight excluding hydrogens is 280 g/mol. The minimum absolute atomic E-state index is 0.524. The van der Waals surface area contributed by atoms with E-state index in [1.54, 1.807) is 6.33 Å². The van der Waals surface area contributed by atoms with Gasteiger partial charge in [-0.25, -0.2) is 9.97 Å². The van der Waals surface area contributed by atoms with Crippen LogP contribution in [0, 0.1) is 0 Å². The van der Waals surface area contributed by atoms with Crippen LogP contribution in [0.1, 0.15) is 39.0 Å². The van der Waals surface area contributed by atoms with Crippen molar-refractivity contribution in [2.75, 3.05) is 17.2 Å². The van der Waals surface area contributed by atoms with Gasteiger partial charge in [0.2, 0.25) is 0 Å². The number of hydrogen-bond acceptors (Lipinski definition) is 4. The molecule has 1 aromatic rings. The van der Waals surface area contributed by atoms with Crippen LogP contribution < -0.4 is 10.6 Å². The number of nitrogen functional groups attached to an aromatic ring is 1. The zero-order chi connectivity index (χ0) is 12.3. The van der Waals surface area contributed by atoms with Crippen molar-refractivity contribution >= 4 is 27.6 Å². The van der Waals surface area contributed by atoms with Crippen molar-refractivity contribution in [2.24, 2.45) is 0 Å². The molecule has 17 heavy (non-hydrogen) atoms. The predicted octanol–water partition coefficient (Wildman–Crippen LogP) is 2.98. The van der Waals surface area contributed by atoms with Crippen molar-refractivity contribution in [3.05, 3.63) is 10.8 Å². The monoisotopic (exact) mass is 298 g/mol. The summed E-state index contributed by atoms with van der Waals surface area (Å²) >= 11 is 3.50. The standard InChI is InChI=1S/C12H19BrN4/c1-2-5-9-6-3-4-7-17(9)12-10(13)11(14)15-8-16-12/h8-9H,2-7H2,1H3,(H2,14,15,16). The number of piperidine rings is 1. The molecule has 4 nitrogen and oxygen atoms in total. The fraction of sp³-hybridized carbons (Fsp3) is 0.667. The molecule has 0 amide bonds. The van der Waals surface area contributed by atoms with Gasteiger partial charge in [-0.3, -0.25) is 0 Å². The smallest absolute Gasteiger partial charge is 0.148 e. The average molecular weight is 299 g/mol. The van der Waals surface area contributed by atoms with Gasteiger partial charge in [-0.05, 0) is 41.6 Å². The van der Waals surface area contributed by atoms with E-state index in [0.717, 1.165) is 16.8 Å². The molecule has 2 heterocycles. The van der Waals surface area contributed by atoms with Gasteiger partial charge in [0.05, 0.1) is 0 Å². The van der Waals surface area contributed by atoms with E-state index >= 15 is 0 Å². The van der Waals surface area contributed by atoms with Gasteiger partial charge in [0, 0.05) is 12.6 Å². The number of halogens is 1. The predicted molar refractivity (Wildman–Crippen MR) is 74.0 cm³/mol. The van der Waals surface area contributed by atoms with Crippen LogP contribution in [0.25, 0.3) is 0 Å². The normalized spacial score (nSPS) is 20.6. The number of aromatic nitrogens is 2. The molecule has 5 heteroatoms. The van der Waals surface area contributed by atoms with Crippen LogP contribution >= 0.6 is 15.9 Å². The number of nitrogens with two attached hydrogens (primary N) is 1. The summed E-state index contributed by atoms with van der Waals surface area (Å²) in [5, 5.41) is 0. The molecule has 0 radical (unpaired) electrons. The molecular formula is C12H19BrN4. The summed E-state index contributed by atoms with van der Waals surface area (Å²) in [5.74, 6) is 1.48. The summed E-state index contributed by atoms with van der Waals surface area (Å²) in [7, 11) is 0. The number of nitrogens with zero attached hydrogens (tertiary/aromatic N) is 3. The van der Waals surface area contributed by atoms with Crippen LogP contribution in [0.4, 0.5) is 11.6 Å². The molecule has 1 aliphatic rings. The zero-order valence-corrected chi connectivity index (χ0v) is 11.8. The van der Waals surface area contributed by atoms with Crippen molar-refractivity contribution in [3.63, 3.8) is 0 Å². The van der Waals surface area contributed by atoms with Crippen LogP contribution in [-0.4, -0.2) is 22.6 Å². The van der Waals surface area contributed by atoms with Crippen LogP contribution in [0.3, 0.4) is 0 Å². The molecule has 94 valence electrons. The molecule has 0 bridgehead atoms. The van der Waals surface area contributed by atoms with Crippen LogP contribution in [-0.2, 0) is 0 Å². The highest BCUT2D eigenvalue weighted by atomic mass is 79.9. The maximum atomic E-state index is 5.82. The minimum Gasteiger partial charge on any atom is -0.383 e. The van der Waals surface area contributed by atoms with Crippen molar-refractivity contribution in [3.8, 4) is 0 Å². The lowest BCUT2D eigenvalue weighted by Crippen LogP contribution is -2.40. The van der Waals surface area contributed by atoms with Gasteiger partial charge in [-0.15, -0.1) is 0 Å². The summed E-state index contributed by atoms with van der Waals surface area (Å²) in [4.78, 5) is 10.8. The van der Waals surface area contributed by atoms with Gasteiger partial charge in [0.25, 0.3) is 0 Å². The first-order valence-corrected chi connectivity index (χ1v) is 7.06. The number of rotatable bonds is 3. The SMILES string of the molecule is CCCC1CCCCN1c1ncnc(N)c1Br. The third-order valence-electron chi connectivity index (χ3n) is 3.32. The van der Waals surface area contributed by atoms with E-state index in [0.29, 0.717) is 11.9 Å². The Bertz CT molecular complexity index is 381. The third kappa shape index (κ3) is 2.70. The van der Waals surface area contributed by atoms with Crippen molar-refractivity contribution in [1.82, 2.24) is 9.97 Å². The molecule has 0 saturated carbocycles. The van der Waals surface area contributed by atoms with E-state index in [2.05, 4.69) is 37.7 Å². The average Bonchev–Trinajstić information content (AvgIpc) is 2.34. The van der Waals surface area contributed by atoms with E-state index in [1.807, 2.05) is 0 Å². The molecule has 1 saturated heterocycles. The summed E-state index contributed by atoms with van der Waals surface area (Å²) in [6.07, 6.45) is 7.78. The number of anilines is 2. The molecule has 1 aromatic heterocycles. The second-order valence-corrected chi connectivity index (χ2v) is 5.32. The van der Waals surface area contributed by atoms with Crippen molar-refractivity contribution in [2.45, 2.75) is 45.1 Å². The van der Waals surface area contributed by atoms with Gasteiger partial charge >= 0.3 is 0 Å². The molecule has 1 fully saturated rings. The van der Waals surface area contributed by atoms with Crippen molar-refractivity contribution in [1.29, 1.82) is 0 Å². The Morgan fingerprint density at radius 3 is 3.06 bits per heavy atom. The summed E-state index contributed by atoms with van der Waals surface area (Å²) in [6.45, 7) is 3.30. The minimum atomic E-state index is 0.524. The Balaban J connectivity index is 2.26. The molecule has 1 atom stereocenters. The van der Waals surface area contributed by atoms with Gasteiger partial charge in [-0.1, -0.05) is 13.3 Å². The zero-order valence-electron chi connectivity index (χ0n) is 10.2. The first kappa shape index (κ1) is 12.6. The van der Waals surface area contributed by atoms with E-state index in [4.69, 9.17) is 5.73 Å². The highest BCUT2D eigenvalue weighted by molar-refractivity contribution is 9.10. The molecule has 2 rings (SSSR count). The second-order valence-electron chi connectivity index (χ2n) is 4.53. The van der Waals surface area contributed by atoms with E-state index in [-0.39, 0.29) is 0 Å². The Hall–Kier alpha value is -0.840. The van der Waals surface area contributed by atoms with Gasteiger partial charge < -0.3 is 10.6 Å². The van der Waals surface area contributed by atoms with Crippen LogP contribution in [0.2, 0.25) is 0 Å². The maximum absolute atomic E-state index is 5.82. The quantitative estimate of drug-likeness (QED) is 0.932. The largest absolute Gasteiger partial charge is 0.383 e. The Kier molecular flexibility index (Phi) is 4.20. The first-order chi connectivity index (χ1) is 8.24. The Labute approximate surface area is 111 Å². The van der Waals surface area contributed by atoms with Gasteiger partial charge in [0.1, 0.15) is 22.4 Å². The van der Waals surface area contributed by atoms with Crippen molar-refractivity contribution < 1.29 is 0 Å². The summed E-state index contributed by atoms with van der Waals surface area (Å²) in [5.41, 5.74) is 5.82. The van der Waals surface area contributed by atoms with E-state index in [9.17, 15) is 0 Å². The fourth-order valence-corrected chi connectivity index (χ4v) is 2.92. The van der Waals surface area contributed by atoms with Gasteiger partial charge in [-0.2, -0.15) is 0 Å². The lowest BCUT2D eigenvalue weighted by Gasteiger charge is -2.37. The van der Waals surface area contributed by atoms with Gasteiger partial charge in [0.15, 0.2) is 0 Å². The first-order valence-electron chi connectivity index (χ1n) is 6.26. The molecule has 0 aliphatic carbocycles. The summed E-state index contributed by atoms with van der Waals surface area (Å²) in [6, 6.07) is 0.597. The van der Waals surface area contributed by atoms with Crippen LogP contribution in [0.15, 0.2) is 10.8 Å². The molecule has 0 aromatic carbocycles. The number of hydrogen-bond donors (Lipinski definition) is 1. The maximum Gasteiger partial charge on any atom is 0.148 e. The van der Waals surface area contributed by atoms with E-state index in [1.165, 1.54) is 32.1 Å². The molecule has 1 unspecified atom stereocenters. The molecule has 0 spiro atoms. The molecule has 1 aliphatic heterocycles. The lowest BCUT2D eigenvalue weighted by molar-refractivity contribution is 0.431. The Morgan fingerprint density at radius 1 is 1.47 bits per heavy atom. The fourth-order valence-electron chi connectivity index (χ4n) is 2.49. The van der Waals surface area contributed by atoms with Crippen LogP contribution in [0.5, 0.6) is 0 Å². The highest BCUT2D eigenvalue weighted by Crippen LogP contribution is 2.33. The third-order valence-corrected chi connectivity index (χ3v) is 4.08. The van der Waals surface area contributed by atoms with E-state index < -0.39 is 0 Å². The Morgan fingerprint density at radius 2 is 2.29 bits per heavy atom. The highest BCUT2D eigenvalue weighted by Gasteiger charge is 2.25. The summed E-state index contributed by atoms with van der Waals surface area (Å²) < 4.78 is 0.836. The topological polar surface area (TPSA) is 55.0 Å².